The normalized spacial score (nSPS) is 18.4. The van der Waals surface area contributed by atoms with Crippen molar-refractivity contribution in [3.8, 4) is 11.5 Å². The van der Waals surface area contributed by atoms with Crippen LogP contribution in [0, 0.1) is 0 Å². The van der Waals surface area contributed by atoms with Crippen molar-refractivity contribution in [1.82, 2.24) is 9.62 Å². The summed E-state index contributed by atoms with van der Waals surface area (Å²) in [6.07, 6.45) is 2.95. The SMILES string of the molecule is CCNC(=NC[C@H]1CCCN1S(C)(=O)=O)Nc1ccc(OC)c(OCC)c1. The highest BCUT2D eigenvalue weighted by Gasteiger charge is 2.31. The minimum Gasteiger partial charge on any atom is -0.493 e. The molecule has 1 fully saturated rings. The van der Waals surface area contributed by atoms with E-state index in [9.17, 15) is 8.42 Å². The Bertz CT molecular complexity index is 752. The summed E-state index contributed by atoms with van der Waals surface area (Å²) in [6, 6.07) is 5.48. The largest absolute Gasteiger partial charge is 0.493 e. The maximum Gasteiger partial charge on any atom is 0.211 e. The Morgan fingerprint density at radius 2 is 2.11 bits per heavy atom. The second kappa shape index (κ2) is 9.80. The van der Waals surface area contributed by atoms with Crippen LogP contribution in [-0.4, -0.2) is 64.3 Å². The van der Waals surface area contributed by atoms with E-state index in [1.165, 1.54) is 6.26 Å². The van der Waals surface area contributed by atoms with Crippen LogP contribution >= 0.6 is 0 Å². The zero-order valence-electron chi connectivity index (χ0n) is 16.5. The number of rotatable bonds is 8. The second-order valence-electron chi connectivity index (χ2n) is 6.31. The summed E-state index contributed by atoms with van der Waals surface area (Å²) in [5, 5.41) is 6.43. The predicted molar refractivity (Wildman–Crippen MR) is 108 cm³/mol. The number of benzene rings is 1. The van der Waals surface area contributed by atoms with E-state index in [0.29, 0.717) is 43.7 Å². The van der Waals surface area contributed by atoms with Crippen molar-refractivity contribution in [3.63, 3.8) is 0 Å². The molecule has 152 valence electrons. The van der Waals surface area contributed by atoms with Crippen LogP contribution in [-0.2, 0) is 10.0 Å². The molecule has 9 heteroatoms. The van der Waals surface area contributed by atoms with Gasteiger partial charge in [0.25, 0.3) is 0 Å². The van der Waals surface area contributed by atoms with Gasteiger partial charge in [-0.15, -0.1) is 0 Å². The van der Waals surface area contributed by atoms with Gasteiger partial charge in [0.15, 0.2) is 17.5 Å². The maximum atomic E-state index is 11.9. The monoisotopic (exact) mass is 398 g/mol. The molecule has 0 unspecified atom stereocenters. The Labute approximate surface area is 162 Å². The first kappa shape index (κ1) is 21.3. The number of methoxy groups -OCH3 is 1. The van der Waals surface area contributed by atoms with Crippen molar-refractivity contribution in [2.75, 3.05) is 44.9 Å². The fourth-order valence-electron chi connectivity index (χ4n) is 3.09. The van der Waals surface area contributed by atoms with E-state index in [1.807, 2.05) is 32.0 Å². The Balaban J connectivity index is 2.13. The molecule has 1 aliphatic rings. The van der Waals surface area contributed by atoms with E-state index in [4.69, 9.17) is 9.47 Å². The fourth-order valence-corrected chi connectivity index (χ4v) is 4.27. The minimum absolute atomic E-state index is 0.0923. The van der Waals surface area contributed by atoms with E-state index in [0.717, 1.165) is 18.5 Å². The predicted octanol–water partition coefficient (Wildman–Crippen LogP) is 1.90. The highest BCUT2D eigenvalue weighted by atomic mass is 32.2. The number of aliphatic imine (C=N–C) groups is 1. The number of hydrogen-bond donors (Lipinski definition) is 2. The van der Waals surface area contributed by atoms with Gasteiger partial charge >= 0.3 is 0 Å². The minimum atomic E-state index is -3.20. The first-order valence-corrected chi connectivity index (χ1v) is 11.1. The van der Waals surface area contributed by atoms with Crippen LogP contribution in [0.15, 0.2) is 23.2 Å². The van der Waals surface area contributed by atoms with Crippen LogP contribution in [0.4, 0.5) is 5.69 Å². The molecular weight excluding hydrogens is 368 g/mol. The van der Waals surface area contributed by atoms with E-state index in [1.54, 1.807) is 11.4 Å². The van der Waals surface area contributed by atoms with Crippen LogP contribution < -0.4 is 20.1 Å². The molecule has 1 saturated heterocycles. The lowest BCUT2D eigenvalue weighted by molar-refractivity contribution is 0.311. The Kier molecular flexibility index (Phi) is 7.73. The molecule has 1 aliphatic heterocycles. The molecular formula is C18H30N4O4S. The van der Waals surface area contributed by atoms with Gasteiger partial charge in [-0.3, -0.25) is 4.99 Å². The molecule has 2 rings (SSSR count). The molecule has 0 bridgehead atoms. The zero-order valence-corrected chi connectivity index (χ0v) is 17.3. The summed E-state index contributed by atoms with van der Waals surface area (Å²) in [6.45, 7) is 6.11. The zero-order chi connectivity index (χ0) is 19.9. The van der Waals surface area contributed by atoms with E-state index in [-0.39, 0.29) is 6.04 Å². The van der Waals surface area contributed by atoms with Gasteiger partial charge < -0.3 is 20.1 Å². The summed E-state index contributed by atoms with van der Waals surface area (Å²) >= 11 is 0. The summed E-state index contributed by atoms with van der Waals surface area (Å²) in [7, 11) is -1.59. The molecule has 1 aromatic rings. The third-order valence-corrected chi connectivity index (χ3v) is 5.61. The van der Waals surface area contributed by atoms with E-state index < -0.39 is 10.0 Å². The molecule has 8 nitrogen and oxygen atoms in total. The number of hydrogen-bond acceptors (Lipinski definition) is 5. The van der Waals surface area contributed by atoms with Crippen LogP contribution in [0.25, 0.3) is 0 Å². The molecule has 27 heavy (non-hydrogen) atoms. The van der Waals surface area contributed by atoms with Gasteiger partial charge in [-0.05, 0) is 38.8 Å². The van der Waals surface area contributed by atoms with Gasteiger partial charge in [0.05, 0.1) is 26.5 Å². The van der Waals surface area contributed by atoms with Crippen LogP contribution in [0.2, 0.25) is 0 Å². The smallest absolute Gasteiger partial charge is 0.211 e. The van der Waals surface area contributed by atoms with Crippen molar-refractivity contribution in [3.05, 3.63) is 18.2 Å². The maximum absolute atomic E-state index is 11.9. The number of nitrogens with zero attached hydrogens (tertiary/aromatic N) is 2. The number of nitrogens with one attached hydrogen (secondary N) is 2. The first-order valence-electron chi connectivity index (χ1n) is 9.22. The standard InChI is InChI=1S/C18H30N4O4S/c1-5-19-18(20-13-15-8-7-11-22(15)27(4,23)24)21-14-9-10-16(25-3)17(12-14)26-6-2/h9-10,12,15H,5-8,11,13H2,1-4H3,(H2,19,20,21)/t15-/m1/s1. The third-order valence-electron chi connectivity index (χ3n) is 4.28. The van der Waals surface area contributed by atoms with Crippen molar-refractivity contribution < 1.29 is 17.9 Å². The summed E-state index contributed by atoms with van der Waals surface area (Å²) in [5.41, 5.74) is 0.811. The Hall–Kier alpha value is -2.00. The molecule has 0 saturated carbocycles. The van der Waals surface area contributed by atoms with Gasteiger partial charge in [0.1, 0.15) is 0 Å². The molecule has 0 amide bonds. The van der Waals surface area contributed by atoms with Gasteiger partial charge in [0, 0.05) is 30.9 Å². The summed E-state index contributed by atoms with van der Waals surface area (Å²) < 4.78 is 36.2. The van der Waals surface area contributed by atoms with Crippen molar-refractivity contribution in [2.24, 2.45) is 4.99 Å². The molecule has 1 heterocycles. The van der Waals surface area contributed by atoms with Crippen LogP contribution in [0.3, 0.4) is 0 Å². The number of anilines is 1. The number of sulfonamides is 1. The molecule has 0 spiro atoms. The van der Waals surface area contributed by atoms with Gasteiger partial charge in [-0.2, -0.15) is 4.31 Å². The van der Waals surface area contributed by atoms with Gasteiger partial charge in [0.2, 0.25) is 10.0 Å². The lowest BCUT2D eigenvalue weighted by Gasteiger charge is -2.21. The average Bonchev–Trinajstić information content (AvgIpc) is 3.09. The van der Waals surface area contributed by atoms with Crippen molar-refractivity contribution >= 4 is 21.7 Å². The molecule has 1 aromatic carbocycles. The quantitative estimate of drug-likeness (QED) is 0.513. The molecule has 0 radical (unpaired) electrons. The topological polar surface area (TPSA) is 92.3 Å². The summed E-state index contributed by atoms with van der Waals surface area (Å²) in [5.74, 6) is 1.92. The molecule has 2 N–H and O–H groups in total. The second-order valence-corrected chi connectivity index (χ2v) is 8.25. The third kappa shape index (κ3) is 6.00. The number of guanidine groups is 1. The van der Waals surface area contributed by atoms with Crippen LogP contribution in [0.1, 0.15) is 26.7 Å². The van der Waals surface area contributed by atoms with E-state index >= 15 is 0 Å². The molecule has 0 aromatic heterocycles. The number of ether oxygens (including phenoxy) is 2. The Morgan fingerprint density at radius 1 is 1.33 bits per heavy atom. The molecule has 1 atom stereocenters. The van der Waals surface area contributed by atoms with Crippen LogP contribution in [0.5, 0.6) is 11.5 Å². The van der Waals surface area contributed by atoms with Crippen molar-refractivity contribution in [2.45, 2.75) is 32.7 Å². The lowest BCUT2D eigenvalue weighted by atomic mass is 10.2. The fraction of sp³-hybridized carbons (Fsp3) is 0.611. The highest BCUT2D eigenvalue weighted by molar-refractivity contribution is 7.88. The van der Waals surface area contributed by atoms with Gasteiger partial charge in [-0.1, -0.05) is 0 Å². The highest BCUT2D eigenvalue weighted by Crippen LogP contribution is 2.30. The van der Waals surface area contributed by atoms with E-state index in [2.05, 4.69) is 15.6 Å². The summed E-state index contributed by atoms with van der Waals surface area (Å²) in [4.78, 5) is 4.59. The average molecular weight is 399 g/mol. The lowest BCUT2D eigenvalue weighted by Crippen LogP contribution is -2.38. The van der Waals surface area contributed by atoms with Crippen molar-refractivity contribution in [1.29, 1.82) is 0 Å². The first-order chi connectivity index (χ1) is 12.9. The van der Waals surface area contributed by atoms with Gasteiger partial charge in [-0.25, -0.2) is 8.42 Å². The molecule has 0 aliphatic carbocycles. The Morgan fingerprint density at radius 3 is 2.74 bits per heavy atom.